The van der Waals surface area contributed by atoms with E-state index in [1.54, 1.807) is 0 Å². The van der Waals surface area contributed by atoms with E-state index in [0.29, 0.717) is 11.5 Å². The number of nitrogens with zero attached hydrogens (tertiary/aromatic N) is 5. The van der Waals surface area contributed by atoms with Gasteiger partial charge in [0.1, 0.15) is 5.82 Å². The fourth-order valence-electron chi connectivity index (χ4n) is 10.5. The maximum Gasteiger partial charge on any atom is 0.135 e. The Morgan fingerprint density at radius 1 is 0.473 bits per heavy atom. The largest absolute Gasteiger partial charge is 0.509 e. The van der Waals surface area contributed by atoms with Gasteiger partial charge in [0.05, 0.1) is 11.0 Å². The summed E-state index contributed by atoms with van der Waals surface area (Å²) < 4.78 is 11.3. The predicted molar refractivity (Wildman–Crippen MR) is 305 cm³/mol. The first kappa shape index (κ1) is 48.8. The second kappa shape index (κ2) is 18.2. The van der Waals surface area contributed by atoms with Crippen molar-refractivity contribution in [1.82, 2.24) is 14.1 Å². The van der Waals surface area contributed by atoms with E-state index in [1.807, 2.05) is 24.4 Å². The molecule has 0 fully saturated rings. The van der Waals surface area contributed by atoms with Crippen molar-refractivity contribution in [3.05, 3.63) is 217 Å². The molecule has 0 spiro atoms. The second-order valence-electron chi connectivity index (χ2n) is 22.8. The van der Waals surface area contributed by atoms with Gasteiger partial charge in [-0.2, -0.15) is 12.1 Å². The summed E-state index contributed by atoms with van der Waals surface area (Å²) in [5.74, 6) is 2.01. The van der Waals surface area contributed by atoms with E-state index < -0.39 is 0 Å². The van der Waals surface area contributed by atoms with Gasteiger partial charge < -0.3 is 23.7 Å². The monoisotopic (exact) mass is 1150 g/mol. The van der Waals surface area contributed by atoms with Crippen molar-refractivity contribution in [1.29, 1.82) is 0 Å². The number of para-hydroxylation sites is 3. The third-order valence-corrected chi connectivity index (χ3v) is 14.6. The molecule has 372 valence electrons. The Labute approximate surface area is 450 Å². The van der Waals surface area contributed by atoms with Crippen LogP contribution in [0.3, 0.4) is 0 Å². The molecule has 7 heteroatoms. The molecule has 11 aromatic rings. The third kappa shape index (κ3) is 8.57. The molecule has 0 aliphatic carbocycles. The van der Waals surface area contributed by atoms with Crippen LogP contribution in [0, 0.1) is 25.7 Å². The van der Waals surface area contributed by atoms with E-state index in [4.69, 9.17) is 9.72 Å². The van der Waals surface area contributed by atoms with Crippen molar-refractivity contribution in [2.75, 3.05) is 9.80 Å². The van der Waals surface area contributed by atoms with Crippen molar-refractivity contribution < 1.29 is 25.8 Å². The number of fused-ring (bicyclic) bond motifs is 7. The van der Waals surface area contributed by atoms with E-state index >= 15 is 0 Å². The number of hydrogen-bond acceptors (Lipinski definition) is 4. The van der Waals surface area contributed by atoms with Crippen LogP contribution in [0.15, 0.2) is 176 Å². The van der Waals surface area contributed by atoms with Crippen LogP contribution in [0.1, 0.15) is 84.6 Å². The fourth-order valence-corrected chi connectivity index (χ4v) is 10.5. The van der Waals surface area contributed by atoms with Gasteiger partial charge in [0.2, 0.25) is 0 Å². The summed E-state index contributed by atoms with van der Waals surface area (Å²) >= 11 is 0. The normalized spacial score (nSPS) is 13.1. The van der Waals surface area contributed by atoms with E-state index in [9.17, 15) is 0 Å². The van der Waals surface area contributed by atoms with Gasteiger partial charge in [-0.15, -0.1) is 48.1 Å². The van der Waals surface area contributed by atoms with Crippen LogP contribution >= 0.6 is 0 Å². The molecule has 0 amide bonds. The summed E-state index contributed by atoms with van der Waals surface area (Å²) in [5.41, 5.74) is 16.8. The van der Waals surface area contributed by atoms with Crippen LogP contribution in [0.25, 0.3) is 66.2 Å². The zero-order valence-electron chi connectivity index (χ0n) is 43.8. The van der Waals surface area contributed by atoms with Crippen molar-refractivity contribution >= 4 is 66.4 Å². The molecule has 0 bridgehead atoms. The van der Waals surface area contributed by atoms with Gasteiger partial charge >= 0.3 is 0 Å². The Balaban J connectivity index is 0.00000588. The minimum absolute atomic E-state index is 0. The molecule has 0 N–H and O–H groups in total. The van der Waals surface area contributed by atoms with Gasteiger partial charge in [0, 0.05) is 83.4 Å². The number of pyridine rings is 1. The van der Waals surface area contributed by atoms with Crippen LogP contribution < -0.4 is 14.5 Å². The fraction of sp³-hybridized carbons (Fsp3) is 0.194. The van der Waals surface area contributed by atoms with Gasteiger partial charge in [-0.25, -0.2) is 4.98 Å². The zero-order valence-corrected chi connectivity index (χ0v) is 46.1. The molecule has 0 saturated carbocycles. The first-order valence-corrected chi connectivity index (χ1v) is 25.4. The van der Waals surface area contributed by atoms with Crippen molar-refractivity contribution in [2.45, 2.75) is 85.5 Å². The van der Waals surface area contributed by atoms with E-state index in [0.717, 1.165) is 72.8 Å². The Hall–Kier alpha value is -7.40. The summed E-state index contributed by atoms with van der Waals surface area (Å²) in [5, 5.41) is 4.69. The van der Waals surface area contributed by atoms with Gasteiger partial charge in [0.15, 0.2) is 0 Å². The molecule has 1 aliphatic heterocycles. The molecule has 0 saturated heterocycles. The third-order valence-electron chi connectivity index (χ3n) is 14.6. The summed E-state index contributed by atoms with van der Waals surface area (Å²) in [7, 11) is 0. The standard InChI is InChI=1S/C67H60N5O.Pt/c1-43-33-64(68-41-57(43)44-19-17-21-49(34-44)71-58-26-14-11-23-53(58)54-24-12-15-27-59(54)71)72-60-28-16-13-25-55(60)56-31-30-52(40-62(56)72)73-51-22-18-20-48(39-51)69-42-70(61-32-29-45(38-63(61)69)65(2,3)4)50-36-46(66(5,6)7)35-47(37-50)67(8,9)10;/h11-38,41-42H,1-10H3;/q-3;. The molecular formula is C67H60N5OPt-3. The minimum Gasteiger partial charge on any atom is -0.509 e. The summed E-state index contributed by atoms with van der Waals surface area (Å²) in [6.45, 7) is 24.9. The molecule has 8 aromatic carbocycles. The average molecular weight is 1150 g/mol. The summed E-state index contributed by atoms with van der Waals surface area (Å²) in [6.07, 6.45) is 2.01. The first-order chi connectivity index (χ1) is 35.0. The maximum atomic E-state index is 6.75. The molecule has 12 rings (SSSR count). The van der Waals surface area contributed by atoms with Gasteiger partial charge in [0.25, 0.3) is 0 Å². The summed E-state index contributed by atoms with van der Waals surface area (Å²) in [6, 6.07) is 68.4. The molecule has 6 nitrogen and oxygen atoms in total. The molecular weight excluding hydrogens is 1090 g/mol. The number of anilines is 4. The number of hydrogen-bond donors (Lipinski definition) is 0. The Bertz CT molecular complexity index is 3880. The van der Waals surface area contributed by atoms with Gasteiger partial charge in [-0.05, 0) is 117 Å². The van der Waals surface area contributed by atoms with Crippen molar-refractivity contribution in [2.24, 2.45) is 0 Å². The zero-order chi connectivity index (χ0) is 50.6. The maximum absolute atomic E-state index is 6.75. The molecule has 0 unspecified atom stereocenters. The summed E-state index contributed by atoms with van der Waals surface area (Å²) in [4.78, 5) is 9.78. The quantitative estimate of drug-likeness (QED) is 0.149. The van der Waals surface area contributed by atoms with Crippen LogP contribution in [-0.2, 0) is 37.3 Å². The number of aryl methyl sites for hydroxylation is 1. The SMILES string of the molecule is Cc1cc(-n2c3[c-]c(Oc4[c-]c(N5[CH-]N(c6cc(C(C)(C)C)cc(C(C)(C)C)c6)c6ccc(C(C)(C)C)cc65)ccc4)ccc3c3ccccc32)ncc1-c1cccc(-n2c3ccccc3c3ccccc32)c1.[Pt]. The number of benzene rings is 8. The van der Waals surface area contributed by atoms with E-state index in [1.165, 1.54) is 38.5 Å². The van der Waals surface area contributed by atoms with E-state index in [-0.39, 0.29) is 37.3 Å². The molecule has 1 aliphatic rings. The molecule has 3 aromatic heterocycles. The second-order valence-corrected chi connectivity index (χ2v) is 22.8. The van der Waals surface area contributed by atoms with Crippen molar-refractivity contribution in [3.63, 3.8) is 0 Å². The number of ether oxygens (including phenoxy) is 1. The van der Waals surface area contributed by atoms with Crippen LogP contribution in [0.2, 0.25) is 0 Å². The van der Waals surface area contributed by atoms with E-state index in [2.05, 4.69) is 259 Å². The Morgan fingerprint density at radius 2 is 1.07 bits per heavy atom. The van der Waals surface area contributed by atoms with Crippen molar-refractivity contribution in [3.8, 4) is 34.1 Å². The predicted octanol–water partition coefficient (Wildman–Crippen LogP) is 17.9. The molecule has 4 heterocycles. The Kier molecular flexibility index (Phi) is 12.0. The molecule has 0 radical (unpaired) electrons. The topological polar surface area (TPSA) is 38.5 Å². The van der Waals surface area contributed by atoms with Crippen LogP contribution in [0.5, 0.6) is 11.5 Å². The average Bonchev–Trinajstić information content (AvgIpc) is 4.04. The van der Waals surface area contributed by atoms with Gasteiger partial charge in [-0.1, -0.05) is 147 Å². The minimum atomic E-state index is -0.0390. The van der Waals surface area contributed by atoms with Crippen LogP contribution in [-0.4, -0.2) is 14.1 Å². The Morgan fingerprint density at radius 3 is 1.70 bits per heavy atom. The molecule has 74 heavy (non-hydrogen) atoms. The first-order valence-electron chi connectivity index (χ1n) is 25.4. The molecule has 0 atom stereocenters. The van der Waals surface area contributed by atoms with Crippen LogP contribution in [0.4, 0.5) is 22.7 Å². The van der Waals surface area contributed by atoms with Gasteiger partial charge in [-0.3, -0.25) is 0 Å². The number of rotatable bonds is 7. The smallest absolute Gasteiger partial charge is 0.135 e. The number of aromatic nitrogens is 3.